The van der Waals surface area contributed by atoms with Crippen LogP contribution in [0.3, 0.4) is 0 Å². The standard InChI is InChI=1S/C15H20BrN3OS/c1-11(2)9-10-17-15(21)19-18-14(20)8-5-12-3-6-13(16)7-4-12/h3-8,11H,9-10H2,1-2H3,(H,18,20)(H2,17,19,21)/b8-5+. The molecule has 21 heavy (non-hydrogen) atoms. The quantitative estimate of drug-likeness (QED) is 0.424. The van der Waals surface area contributed by atoms with Crippen molar-refractivity contribution in [2.45, 2.75) is 20.3 Å². The molecule has 1 aromatic rings. The average Bonchev–Trinajstić information content (AvgIpc) is 2.44. The zero-order valence-electron chi connectivity index (χ0n) is 12.2. The summed E-state index contributed by atoms with van der Waals surface area (Å²) in [5.41, 5.74) is 6.13. The number of amides is 1. The Bertz CT molecular complexity index is 500. The number of carbonyl (C=O) groups excluding carboxylic acids is 1. The molecule has 0 fully saturated rings. The van der Waals surface area contributed by atoms with E-state index < -0.39 is 0 Å². The first kappa shape index (κ1) is 17.7. The Labute approximate surface area is 139 Å². The van der Waals surface area contributed by atoms with Crippen LogP contribution in [0.5, 0.6) is 0 Å². The normalized spacial score (nSPS) is 10.7. The van der Waals surface area contributed by atoms with Crippen LogP contribution < -0.4 is 16.2 Å². The predicted octanol–water partition coefficient (Wildman–Crippen LogP) is 3.00. The molecule has 1 aromatic carbocycles. The van der Waals surface area contributed by atoms with Crippen LogP contribution in [0.1, 0.15) is 25.8 Å². The summed E-state index contributed by atoms with van der Waals surface area (Å²) in [7, 11) is 0. The van der Waals surface area contributed by atoms with E-state index in [1.807, 2.05) is 24.3 Å². The average molecular weight is 370 g/mol. The Morgan fingerprint density at radius 1 is 1.29 bits per heavy atom. The molecule has 3 N–H and O–H groups in total. The van der Waals surface area contributed by atoms with Crippen molar-refractivity contribution >= 4 is 45.2 Å². The summed E-state index contributed by atoms with van der Waals surface area (Å²) in [5.74, 6) is 0.356. The number of hydrazine groups is 1. The molecule has 1 amide bonds. The summed E-state index contributed by atoms with van der Waals surface area (Å²) >= 11 is 8.41. The molecule has 0 spiro atoms. The largest absolute Gasteiger partial charge is 0.361 e. The Kier molecular flexibility index (Phi) is 8.00. The van der Waals surface area contributed by atoms with Crippen molar-refractivity contribution in [1.82, 2.24) is 16.2 Å². The Balaban J connectivity index is 2.27. The SMILES string of the molecule is CC(C)CCNC(=S)NNC(=O)/C=C/c1ccc(Br)cc1. The molecule has 0 aliphatic rings. The van der Waals surface area contributed by atoms with Gasteiger partial charge in [0.2, 0.25) is 0 Å². The lowest BCUT2D eigenvalue weighted by Crippen LogP contribution is -2.46. The summed E-state index contributed by atoms with van der Waals surface area (Å²) in [6.45, 7) is 5.08. The van der Waals surface area contributed by atoms with Crippen molar-refractivity contribution in [3.63, 3.8) is 0 Å². The van der Waals surface area contributed by atoms with E-state index in [4.69, 9.17) is 12.2 Å². The zero-order chi connectivity index (χ0) is 15.7. The number of benzene rings is 1. The van der Waals surface area contributed by atoms with Gasteiger partial charge in [-0.2, -0.15) is 0 Å². The van der Waals surface area contributed by atoms with Crippen LogP contribution in [-0.4, -0.2) is 17.6 Å². The summed E-state index contributed by atoms with van der Waals surface area (Å²) in [5, 5.41) is 3.44. The minimum Gasteiger partial charge on any atom is -0.361 e. The van der Waals surface area contributed by atoms with Gasteiger partial charge in [0, 0.05) is 17.1 Å². The summed E-state index contributed by atoms with van der Waals surface area (Å²) in [6.07, 6.45) is 4.21. The Morgan fingerprint density at radius 3 is 2.57 bits per heavy atom. The van der Waals surface area contributed by atoms with Gasteiger partial charge in [-0.15, -0.1) is 0 Å². The van der Waals surface area contributed by atoms with Crippen LogP contribution in [-0.2, 0) is 4.79 Å². The van der Waals surface area contributed by atoms with Crippen LogP contribution in [0, 0.1) is 5.92 Å². The lowest BCUT2D eigenvalue weighted by molar-refractivity contribution is -0.116. The van der Waals surface area contributed by atoms with Gasteiger partial charge in [-0.3, -0.25) is 15.6 Å². The third kappa shape index (κ3) is 8.47. The molecule has 1 rings (SSSR count). The van der Waals surface area contributed by atoms with E-state index in [1.54, 1.807) is 6.08 Å². The van der Waals surface area contributed by atoms with E-state index >= 15 is 0 Å². The van der Waals surface area contributed by atoms with Crippen LogP contribution >= 0.6 is 28.1 Å². The minimum atomic E-state index is -0.258. The fourth-order valence-electron chi connectivity index (χ4n) is 1.42. The smallest absolute Gasteiger partial charge is 0.262 e. The highest BCUT2D eigenvalue weighted by Gasteiger charge is 1.99. The van der Waals surface area contributed by atoms with Crippen molar-refractivity contribution in [1.29, 1.82) is 0 Å². The highest BCUT2D eigenvalue weighted by molar-refractivity contribution is 9.10. The molecule has 0 unspecified atom stereocenters. The number of nitrogens with one attached hydrogen (secondary N) is 3. The Morgan fingerprint density at radius 2 is 1.95 bits per heavy atom. The molecule has 0 aliphatic carbocycles. The Hall–Kier alpha value is -1.40. The molecule has 0 saturated carbocycles. The van der Waals surface area contributed by atoms with Gasteiger partial charge in [0.05, 0.1) is 0 Å². The van der Waals surface area contributed by atoms with Gasteiger partial charge < -0.3 is 5.32 Å². The van der Waals surface area contributed by atoms with Crippen LogP contribution in [0.2, 0.25) is 0 Å². The van der Waals surface area contributed by atoms with E-state index in [9.17, 15) is 4.79 Å². The van der Waals surface area contributed by atoms with Gasteiger partial charge in [0.15, 0.2) is 5.11 Å². The predicted molar refractivity (Wildman–Crippen MR) is 94.5 cm³/mol. The molecular formula is C15H20BrN3OS. The third-order valence-electron chi connectivity index (χ3n) is 2.60. The zero-order valence-corrected chi connectivity index (χ0v) is 14.6. The van der Waals surface area contributed by atoms with Gasteiger partial charge in [-0.05, 0) is 48.3 Å². The first-order chi connectivity index (χ1) is 9.97. The monoisotopic (exact) mass is 369 g/mol. The lowest BCUT2D eigenvalue weighted by Gasteiger charge is -2.11. The van der Waals surface area contributed by atoms with Crippen LogP contribution in [0.15, 0.2) is 34.8 Å². The maximum absolute atomic E-state index is 11.6. The minimum absolute atomic E-state index is 0.258. The fraction of sp³-hybridized carbons (Fsp3) is 0.333. The molecule has 6 heteroatoms. The molecule has 0 atom stereocenters. The highest BCUT2D eigenvalue weighted by Crippen LogP contribution is 2.11. The topological polar surface area (TPSA) is 53.2 Å². The molecule has 114 valence electrons. The maximum atomic E-state index is 11.6. The lowest BCUT2D eigenvalue weighted by atomic mass is 10.1. The van der Waals surface area contributed by atoms with Gasteiger partial charge in [-0.1, -0.05) is 41.9 Å². The molecule has 0 aromatic heterocycles. The van der Waals surface area contributed by atoms with Crippen molar-refractivity contribution in [3.05, 3.63) is 40.4 Å². The second kappa shape index (κ2) is 9.52. The van der Waals surface area contributed by atoms with Crippen molar-refractivity contribution in [3.8, 4) is 0 Å². The number of carbonyl (C=O) groups is 1. The highest BCUT2D eigenvalue weighted by atomic mass is 79.9. The summed E-state index contributed by atoms with van der Waals surface area (Å²) in [6, 6.07) is 7.67. The number of halogens is 1. The molecular weight excluding hydrogens is 350 g/mol. The van der Waals surface area contributed by atoms with Crippen molar-refractivity contribution < 1.29 is 4.79 Å². The molecule has 0 radical (unpaired) electrons. The second-order valence-corrected chi connectivity index (χ2v) is 6.26. The summed E-state index contributed by atoms with van der Waals surface area (Å²) < 4.78 is 1.00. The van der Waals surface area contributed by atoms with Crippen LogP contribution in [0.4, 0.5) is 0 Å². The molecule has 0 saturated heterocycles. The van der Waals surface area contributed by atoms with Gasteiger partial charge in [0.1, 0.15) is 0 Å². The van der Waals surface area contributed by atoms with E-state index in [1.165, 1.54) is 6.08 Å². The van der Waals surface area contributed by atoms with E-state index in [-0.39, 0.29) is 5.91 Å². The molecule has 4 nitrogen and oxygen atoms in total. The van der Waals surface area contributed by atoms with Crippen molar-refractivity contribution in [2.75, 3.05) is 6.54 Å². The number of hydrogen-bond donors (Lipinski definition) is 3. The van der Waals surface area contributed by atoms with Gasteiger partial charge >= 0.3 is 0 Å². The number of hydrogen-bond acceptors (Lipinski definition) is 2. The van der Waals surface area contributed by atoms with Crippen molar-refractivity contribution in [2.24, 2.45) is 5.92 Å². The molecule has 0 aliphatic heterocycles. The van der Waals surface area contributed by atoms with E-state index in [0.717, 1.165) is 23.0 Å². The molecule has 0 bridgehead atoms. The number of rotatable bonds is 5. The first-order valence-corrected chi connectivity index (χ1v) is 7.95. The summed E-state index contributed by atoms with van der Waals surface area (Å²) in [4.78, 5) is 11.6. The fourth-order valence-corrected chi connectivity index (χ4v) is 1.84. The molecule has 0 heterocycles. The third-order valence-corrected chi connectivity index (χ3v) is 3.38. The first-order valence-electron chi connectivity index (χ1n) is 6.75. The maximum Gasteiger partial charge on any atom is 0.262 e. The van der Waals surface area contributed by atoms with E-state index in [2.05, 4.69) is 45.9 Å². The van der Waals surface area contributed by atoms with Gasteiger partial charge in [0.25, 0.3) is 5.91 Å². The van der Waals surface area contributed by atoms with Crippen LogP contribution in [0.25, 0.3) is 6.08 Å². The van der Waals surface area contributed by atoms with Gasteiger partial charge in [-0.25, -0.2) is 0 Å². The second-order valence-electron chi connectivity index (χ2n) is 4.94. The van der Waals surface area contributed by atoms with E-state index in [0.29, 0.717) is 11.0 Å². The number of thiocarbonyl (C=S) groups is 1.